The fourth-order valence-electron chi connectivity index (χ4n) is 5.28. The van der Waals surface area contributed by atoms with Crippen LogP contribution in [0.15, 0.2) is 24.3 Å². The maximum atomic E-state index is 12.7. The van der Waals surface area contributed by atoms with E-state index in [1.54, 1.807) is 23.1 Å². The summed E-state index contributed by atoms with van der Waals surface area (Å²) in [5, 5.41) is 15.5. The molecule has 3 aliphatic rings. The minimum Gasteiger partial charge on any atom is -0.481 e. The van der Waals surface area contributed by atoms with E-state index in [0.717, 1.165) is 38.5 Å². The predicted octanol–water partition coefficient (Wildman–Crippen LogP) is 3.92. The van der Waals surface area contributed by atoms with E-state index in [1.165, 1.54) is 6.42 Å². The van der Waals surface area contributed by atoms with E-state index in [9.17, 15) is 19.5 Å². The van der Waals surface area contributed by atoms with Gasteiger partial charge in [0.15, 0.2) is 0 Å². The van der Waals surface area contributed by atoms with Gasteiger partial charge in [0.05, 0.1) is 5.41 Å². The van der Waals surface area contributed by atoms with E-state index in [-0.39, 0.29) is 30.3 Å². The Morgan fingerprint density at radius 3 is 2.41 bits per heavy atom. The highest BCUT2D eigenvalue weighted by Crippen LogP contribution is 2.48. The number of hydrogen-bond donors (Lipinski definition) is 3. The fourth-order valence-corrected chi connectivity index (χ4v) is 5.28. The first-order valence-corrected chi connectivity index (χ1v) is 10.7. The van der Waals surface area contributed by atoms with Crippen molar-refractivity contribution < 1.29 is 19.5 Å². The number of likely N-dealkylation sites (tertiary alicyclic amines) is 1. The molecule has 3 amide bonds. The third-order valence-electron chi connectivity index (χ3n) is 6.94. The molecule has 3 fully saturated rings. The zero-order valence-electron chi connectivity index (χ0n) is 16.7. The molecule has 0 spiro atoms. The summed E-state index contributed by atoms with van der Waals surface area (Å²) < 4.78 is 0. The van der Waals surface area contributed by atoms with Crippen LogP contribution < -0.4 is 10.6 Å². The molecule has 1 aromatic rings. The average molecular weight is 399 g/mol. The van der Waals surface area contributed by atoms with Crippen LogP contribution in [0.2, 0.25) is 0 Å². The van der Waals surface area contributed by atoms with Crippen LogP contribution >= 0.6 is 0 Å². The van der Waals surface area contributed by atoms with Crippen molar-refractivity contribution in [2.24, 2.45) is 17.3 Å². The maximum absolute atomic E-state index is 12.7. The Kier molecular flexibility index (Phi) is 5.48. The van der Waals surface area contributed by atoms with E-state index in [2.05, 4.69) is 10.6 Å². The Morgan fingerprint density at radius 2 is 1.72 bits per heavy atom. The molecule has 29 heavy (non-hydrogen) atoms. The first kappa shape index (κ1) is 19.7. The summed E-state index contributed by atoms with van der Waals surface area (Å²) in [7, 11) is 0. The second kappa shape index (κ2) is 8.05. The number of carbonyl (C=O) groups is 3. The van der Waals surface area contributed by atoms with Crippen LogP contribution in [0.4, 0.5) is 16.2 Å². The number of aliphatic carboxylic acids is 1. The number of carboxylic acids is 1. The number of amides is 3. The third kappa shape index (κ3) is 3.95. The molecule has 156 valence electrons. The van der Waals surface area contributed by atoms with E-state index >= 15 is 0 Å². The van der Waals surface area contributed by atoms with Gasteiger partial charge in [-0.2, -0.15) is 0 Å². The highest BCUT2D eigenvalue weighted by Gasteiger charge is 2.55. The highest BCUT2D eigenvalue weighted by molar-refractivity contribution is 5.95. The minimum atomic E-state index is -0.789. The minimum absolute atomic E-state index is 0.0341. The van der Waals surface area contributed by atoms with Crippen molar-refractivity contribution in [3.63, 3.8) is 0 Å². The van der Waals surface area contributed by atoms with Gasteiger partial charge in [-0.15, -0.1) is 0 Å². The number of rotatable bonds is 4. The van der Waals surface area contributed by atoms with Gasteiger partial charge >= 0.3 is 12.0 Å². The van der Waals surface area contributed by atoms with Crippen LogP contribution in [-0.4, -0.2) is 41.0 Å². The smallest absolute Gasteiger partial charge is 0.321 e. The molecule has 0 unspecified atom stereocenters. The average Bonchev–Trinajstić information content (AvgIpc) is 3.28. The third-order valence-corrected chi connectivity index (χ3v) is 6.94. The summed E-state index contributed by atoms with van der Waals surface area (Å²) in [5.74, 6) is -0.642. The number of carbonyl (C=O) groups excluding carboxylic acids is 2. The molecule has 2 aliphatic carbocycles. The van der Waals surface area contributed by atoms with Gasteiger partial charge in [0.25, 0.3) is 0 Å². The number of carboxylic acid groups (broad SMARTS) is 1. The summed E-state index contributed by atoms with van der Waals surface area (Å²) >= 11 is 0. The van der Waals surface area contributed by atoms with Gasteiger partial charge in [0.1, 0.15) is 0 Å². The first-order valence-electron chi connectivity index (χ1n) is 10.7. The zero-order chi connectivity index (χ0) is 20.4. The zero-order valence-corrected chi connectivity index (χ0v) is 16.7. The predicted molar refractivity (Wildman–Crippen MR) is 110 cm³/mol. The molecule has 1 aromatic carbocycles. The Hall–Kier alpha value is -2.57. The number of anilines is 2. The van der Waals surface area contributed by atoms with Gasteiger partial charge in [-0.1, -0.05) is 31.7 Å². The Morgan fingerprint density at radius 1 is 1.00 bits per heavy atom. The van der Waals surface area contributed by atoms with Gasteiger partial charge in [0, 0.05) is 30.4 Å². The van der Waals surface area contributed by atoms with Crippen molar-refractivity contribution in [2.45, 2.75) is 51.4 Å². The lowest BCUT2D eigenvalue weighted by atomic mass is 9.81. The molecule has 0 bridgehead atoms. The van der Waals surface area contributed by atoms with Crippen molar-refractivity contribution in [1.82, 2.24) is 4.90 Å². The summed E-state index contributed by atoms with van der Waals surface area (Å²) in [4.78, 5) is 38.6. The molecule has 2 atom stereocenters. The van der Waals surface area contributed by atoms with Crippen molar-refractivity contribution in [3.05, 3.63) is 24.3 Å². The monoisotopic (exact) mass is 399 g/mol. The number of hydrogen-bond acceptors (Lipinski definition) is 3. The van der Waals surface area contributed by atoms with Crippen molar-refractivity contribution in [3.8, 4) is 0 Å². The molecule has 1 heterocycles. The van der Waals surface area contributed by atoms with Crippen LogP contribution in [0.25, 0.3) is 0 Å². The number of nitrogens with one attached hydrogen (secondary N) is 2. The molecule has 0 radical (unpaired) electrons. The number of fused-ring (bicyclic) bond motifs is 1. The largest absolute Gasteiger partial charge is 0.481 e. The Labute approximate surface area is 170 Å². The lowest BCUT2D eigenvalue weighted by Crippen LogP contribution is -2.38. The molecule has 4 rings (SSSR count). The summed E-state index contributed by atoms with van der Waals surface area (Å²) in [6.07, 6.45) is 7.68. The quantitative estimate of drug-likeness (QED) is 0.714. The first-order chi connectivity index (χ1) is 14.0. The van der Waals surface area contributed by atoms with Crippen molar-refractivity contribution >= 4 is 29.3 Å². The lowest BCUT2D eigenvalue weighted by Gasteiger charge is -2.23. The molecule has 0 aromatic heterocycles. The van der Waals surface area contributed by atoms with Crippen LogP contribution in [0.5, 0.6) is 0 Å². The van der Waals surface area contributed by atoms with Gasteiger partial charge < -0.3 is 20.6 Å². The maximum Gasteiger partial charge on any atom is 0.321 e. The van der Waals surface area contributed by atoms with Crippen LogP contribution in [0.3, 0.4) is 0 Å². The van der Waals surface area contributed by atoms with E-state index in [1.807, 2.05) is 6.07 Å². The highest BCUT2D eigenvalue weighted by atomic mass is 16.4. The Balaban J connectivity index is 1.37. The normalized spacial score (nSPS) is 26.8. The Bertz CT molecular complexity index is 805. The number of urea groups is 1. The van der Waals surface area contributed by atoms with Gasteiger partial charge in [-0.3, -0.25) is 9.59 Å². The lowest BCUT2D eigenvalue weighted by molar-refractivity contribution is -0.149. The standard InChI is InChI=1S/C22H29N3O4/c26-19(15-6-2-1-3-7-15)23-17-9-4-10-18(12-17)24-21(29)25-13-16-8-5-11-22(16,14-25)20(27)28/h4,9-10,12,15-16H,1-3,5-8,11,13-14H2,(H,23,26)(H,24,29)(H,27,28)/t16-,22+/m0/s1. The molecule has 7 nitrogen and oxygen atoms in total. The number of benzene rings is 1. The van der Waals surface area contributed by atoms with Gasteiger partial charge in [0.2, 0.25) is 5.91 Å². The van der Waals surface area contributed by atoms with Crippen LogP contribution in [-0.2, 0) is 9.59 Å². The van der Waals surface area contributed by atoms with Crippen LogP contribution in [0, 0.1) is 17.3 Å². The molecule has 1 saturated heterocycles. The SMILES string of the molecule is O=C(Nc1cccc(NC(=O)N2C[C@@H]3CCC[C@@]3(C(=O)O)C2)c1)C1CCCCC1. The molecular weight excluding hydrogens is 370 g/mol. The second-order valence-electron chi connectivity index (χ2n) is 8.77. The second-order valence-corrected chi connectivity index (χ2v) is 8.77. The molecule has 1 aliphatic heterocycles. The van der Waals surface area contributed by atoms with Gasteiger partial charge in [-0.25, -0.2) is 4.79 Å². The molecule has 3 N–H and O–H groups in total. The summed E-state index contributed by atoms with van der Waals surface area (Å²) in [5.41, 5.74) is 0.476. The van der Waals surface area contributed by atoms with E-state index in [4.69, 9.17) is 0 Å². The van der Waals surface area contributed by atoms with Gasteiger partial charge in [-0.05, 0) is 49.8 Å². The van der Waals surface area contributed by atoms with E-state index in [0.29, 0.717) is 24.3 Å². The molecule has 7 heteroatoms. The number of nitrogens with zero attached hydrogens (tertiary/aromatic N) is 1. The fraction of sp³-hybridized carbons (Fsp3) is 0.591. The topological polar surface area (TPSA) is 98.7 Å². The summed E-state index contributed by atoms with van der Waals surface area (Å²) in [6.45, 7) is 0.743. The molecular formula is C22H29N3O4. The molecule has 2 saturated carbocycles. The van der Waals surface area contributed by atoms with Crippen molar-refractivity contribution in [1.29, 1.82) is 0 Å². The van der Waals surface area contributed by atoms with E-state index < -0.39 is 11.4 Å². The van der Waals surface area contributed by atoms with Crippen molar-refractivity contribution in [2.75, 3.05) is 23.7 Å². The van der Waals surface area contributed by atoms with Crippen LogP contribution in [0.1, 0.15) is 51.4 Å². The summed E-state index contributed by atoms with van der Waals surface area (Å²) in [6, 6.07) is 6.86.